The lowest BCUT2D eigenvalue weighted by atomic mass is 9.93. The van der Waals surface area contributed by atoms with Gasteiger partial charge in [0.2, 0.25) is 0 Å². The summed E-state index contributed by atoms with van der Waals surface area (Å²) >= 11 is 0. The number of hydrogen-bond donors (Lipinski definition) is 0. The molecule has 0 aliphatic carbocycles. The fourth-order valence-electron chi connectivity index (χ4n) is 2.36. The molecule has 1 atom stereocenters. The van der Waals surface area contributed by atoms with Gasteiger partial charge in [-0.3, -0.25) is 0 Å². The smallest absolute Gasteiger partial charge is 0.0466 e. The van der Waals surface area contributed by atoms with E-state index in [2.05, 4.69) is 20.8 Å². The molecule has 0 aliphatic heterocycles. The lowest BCUT2D eigenvalue weighted by Crippen LogP contribution is -2.04. The van der Waals surface area contributed by atoms with Crippen LogP contribution in [-0.4, -0.2) is 13.2 Å². The maximum Gasteiger partial charge on any atom is 0.0466 e. The third-order valence-corrected chi connectivity index (χ3v) is 3.46. The first-order valence-electron chi connectivity index (χ1n) is 7.92. The van der Waals surface area contributed by atoms with E-state index < -0.39 is 0 Å². The molecular formula is C16H34O. The number of ether oxygens (including phenoxy) is 1. The largest absolute Gasteiger partial charge is 0.381 e. The van der Waals surface area contributed by atoms with Gasteiger partial charge in [0.25, 0.3) is 0 Å². The Morgan fingerprint density at radius 2 is 1.29 bits per heavy atom. The predicted octanol–water partition coefficient (Wildman–Crippen LogP) is 5.58. The van der Waals surface area contributed by atoms with E-state index in [1.165, 1.54) is 64.2 Å². The van der Waals surface area contributed by atoms with E-state index in [9.17, 15) is 0 Å². The molecule has 0 aromatic carbocycles. The summed E-state index contributed by atoms with van der Waals surface area (Å²) in [5.74, 6) is 0.958. The highest BCUT2D eigenvalue weighted by molar-refractivity contribution is 4.59. The second kappa shape index (κ2) is 14.0. The van der Waals surface area contributed by atoms with Crippen LogP contribution in [0.5, 0.6) is 0 Å². The van der Waals surface area contributed by atoms with Crippen molar-refractivity contribution in [1.82, 2.24) is 0 Å². The molecule has 1 heteroatoms. The first-order chi connectivity index (χ1) is 8.35. The van der Waals surface area contributed by atoms with E-state index in [1.807, 2.05) is 0 Å². The van der Waals surface area contributed by atoms with Crippen molar-refractivity contribution in [3.63, 3.8) is 0 Å². The Labute approximate surface area is 109 Å². The average Bonchev–Trinajstić information content (AvgIpc) is 2.34. The van der Waals surface area contributed by atoms with Gasteiger partial charge in [0.15, 0.2) is 0 Å². The van der Waals surface area contributed by atoms with Gasteiger partial charge in [-0.2, -0.15) is 0 Å². The molecule has 0 heterocycles. The highest BCUT2D eigenvalue weighted by atomic mass is 16.5. The van der Waals surface area contributed by atoms with Crippen molar-refractivity contribution in [3.8, 4) is 0 Å². The van der Waals surface area contributed by atoms with Crippen molar-refractivity contribution in [2.75, 3.05) is 13.2 Å². The molecule has 0 aromatic rings. The third kappa shape index (κ3) is 12.2. The number of rotatable bonds is 13. The highest BCUT2D eigenvalue weighted by Gasteiger charge is 2.06. The van der Waals surface area contributed by atoms with Gasteiger partial charge >= 0.3 is 0 Å². The van der Waals surface area contributed by atoms with E-state index in [0.29, 0.717) is 0 Å². The molecule has 0 spiro atoms. The average molecular weight is 242 g/mol. The molecule has 0 amide bonds. The van der Waals surface area contributed by atoms with Crippen LogP contribution >= 0.6 is 0 Å². The van der Waals surface area contributed by atoms with Crippen molar-refractivity contribution < 1.29 is 4.74 Å². The maximum absolute atomic E-state index is 5.67. The van der Waals surface area contributed by atoms with Crippen LogP contribution in [0.25, 0.3) is 0 Å². The fourth-order valence-corrected chi connectivity index (χ4v) is 2.36. The molecule has 1 nitrogen and oxygen atoms in total. The molecule has 0 saturated carbocycles. The monoisotopic (exact) mass is 242 g/mol. The van der Waals surface area contributed by atoms with Crippen molar-refractivity contribution in [2.24, 2.45) is 5.92 Å². The van der Waals surface area contributed by atoms with Crippen molar-refractivity contribution >= 4 is 0 Å². The minimum absolute atomic E-state index is 0.958. The van der Waals surface area contributed by atoms with E-state index in [4.69, 9.17) is 4.74 Å². The Hall–Kier alpha value is -0.0400. The standard InChI is InChI=1S/C16H34O/c1-4-7-9-14-17-15-10-13-16(11-6-3)12-8-5-2/h16H,4-15H2,1-3H3. The van der Waals surface area contributed by atoms with Gasteiger partial charge in [-0.15, -0.1) is 0 Å². The quantitative estimate of drug-likeness (QED) is 0.383. The molecule has 0 aromatic heterocycles. The Morgan fingerprint density at radius 3 is 1.94 bits per heavy atom. The molecule has 104 valence electrons. The van der Waals surface area contributed by atoms with Crippen molar-refractivity contribution in [1.29, 1.82) is 0 Å². The zero-order valence-electron chi connectivity index (χ0n) is 12.5. The highest BCUT2D eigenvalue weighted by Crippen LogP contribution is 2.20. The number of unbranched alkanes of at least 4 members (excludes halogenated alkanes) is 3. The van der Waals surface area contributed by atoms with Gasteiger partial charge in [-0.05, 0) is 25.2 Å². The third-order valence-electron chi connectivity index (χ3n) is 3.46. The summed E-state index contributed by atoms with van der Waals surface area (Å²) in [6.45, 7) is 8.79. The van der Waals surface area contributed by atoms with Crippen LogP contribution in [0.4, 0.5) is 0 Å². The molecule has 0 N–H and O–H groups in total. The van der Waals surface area contributed by atoms with Gasteiger partial charge in [0.05, 0.1) is 0 Å². The number of hydrogen-bond acceptors (Lipinski definition) is 1. The Balaban J connectivity index is 3.34. The van der Waals surface area contributed by atoms with E-state index in [1.54, 1.807) is 0 Å². The van der Waals surface area contributed by atoms with E-state index in [0.717, 1.165) is 19.1 Å². The van der Waals surface area contributed by atoms with Crippen LogP contribution < -0.4 is 0 Å². The van der Waals surface area contributed by atoms with Gasteiger partial charge in [0.1, 0.15) is 0 Å². The Bertz CT molecular complexity index is 133. The summed E-state index contributed by atoms with van der Waals surface area (Å²) in [5.41, 5.74) is 0. The first kappa shape index (κ1) is 17.0. The SMILES string of the molecule is CCCCCOCCCC(CCC)CCCC. The molecular weight excluding hydrogens is 208 g/mol. The second-order valence-corrected chi connectivity index (χ2v) is 5.26. The maximum atomic E-state index is 5.67. The van der Waals surface area contributed by atoms with Crippen LogP contribution in [0.15, 0.2) is 0 Å². The minimum Gasteiger partial charge on any atom is -0.381 e. The lowest BCUT2D eigenvalue weighted by Gasteiger charge is -2.15. The normalized spacial score (nSPS) is 12.9. The van der Waals surface area contributed by atoms with Gasteiger partial charge in [0, 0.05) is 13.2 Å². The predicted molar refractivity (Wildman–Crippen MR) is 77.5 cm³/mol. The molecule has 0 radical (unpaired) electrons. The van der Waals surface area contributed by atoms with Gasteiger partial charge in [-0.25, -0.2) is 0 Å². The van der Waals surface area contributed by atoms with Crippen LogP contribution in [0.2, 0.25) is 0 Å². The zero-order valence-corrected chi connectivity index (χ0v) is 12.5. The summed E-state index contributed by atoms with van der Waals surface area (Å²) in [4.78, 5) is 0. The van der Waals surface area contributed by atoms with Gasteiger partial charge < -0.3 is 4.74 Å². The second-order valence-electron chi connectivity index (χ2n) is 5.26. The molecule has 0 fully saturated rings. The first-order valence-corrected chi connectivity index (χ1v) is 7.92. The summed E-state index contributed by atoms with van der Waals surface area (Å²) in [6.07, 6.45) is 13.4. The van der Waals surface area contributed by atoms with E-state index in [-0.39, 0.29) is 0 Å². The summed E-state index contributed by atoms with van der Waals surface area (Å²) in [6, 6.07) is 0. The Morgan fingerprint density at radius 1 is 0.647 bits per heavy atom. The minimum atomic E-state index is 0.958. The van der Waals surface area contributed by atoms with Crippen molar-refractivity contribution in [3.05, 3.63) is 0 Å². The molecule has 17 heavy (non-hydrogen) atoms. The van der Waals surface area contributed by atoms with Crippen LogP contribution in [-0.2, 0) is 4.74 Å². The molecule has 0 bridgehead atoms. The molecule has 0 rings (SSSR count). The van der Waals surface area contributed by atoms with Crippen LogP contribution in [0.1, 0.15) is 85.0 Å². The summed E-state index contributed by atoms with van der Waals surface area (Å²) in [7, 11) is 0. The fraction of sp³-hybridized carbons (Fsp3) is 1.00. The Kier molecular flexibility index (Phi) is 14.0. The van der Waals surface area contributed by atoms with Crippen LogP contribution in [0.3, 0.4) is 0 Å². The summed E-state index contributed by atoms with van der Waals surface area (Å²) < 4.78 is 5.67. The lowest BCUT2D eigenvalue weighted by molar-refractivity contribution is 0.122. The van der Waals surface area contributed by atoms with E-state index >= 15 is 0 Å². The molecule has 1 unspecified atom stereocenters. The van der Waals surface area contributed by atoms with Crippen molar-refractivity contribution in [2.45, 2.75) is 85.0 Å². The van der Waals surface area contributed by atoms with Crippen LogP contribution in [0, 0.1) is 5.92 Å². The zero-order chi connectivity index (χ0) is 12.8. The van der Waals surface area contributed by atoms with Gasteiger partial charge in [-0.1, -0.05) is 65.7 Å². The summed E-state index contributed by atoms with van der Waals surface area (Å²) in [5, 5.41) is 0. The molecule has 0 aliphatic rings. The topological polar surface area (TPSA) is 9.23 Å². The molecule has 0 saturated heterocycles.